The van der Waals surface area contributed by atoms with Crippen LogP contribution in [-0.4, -0.2) is 30.3 Å². The van der Waals surface area contributed by atoms with E-state index in [1.54, 1.807) is 0 Å². The number of hydrogen-bond donors (Lipinski definition) is 1. The largest absolute Gasteiger partial charge is 0.330 e. The molecule has 2 N–H and O–H groups in total. The van der Waals surface area contributed by atoms with Crippen molar-refractivity contribution in [2.45, 2.75) is 26.4 Å². The molecule has 0 aliphatic carbocycles. The summed E-state index contributed by atoms with van der Waals surface area (Å²) in [5, 5.41) is 1.98. The Labute approximate surface area is 68.5 Å². The van der Waals surface area contributed by atoms with Crippen molar-refractivity contribution in [3.63, 3.8) is 0 Å². The van der Waals surface area contributed by atoms with E-state index in [4.69, 9.17) is 10.6 Å². The molecule has 1 saturated heterocycles. The van der Waals surface area contributed by atoms with Crippen LogP contribution in [0.1, 0.15) is 20.8 Å². The topological polar surface area (TPSA) is 38.5 Å². The first-order valence-corrected chi connectivity index (χ1v) is 4.15. The highest BCUT2D eigenvalue weighted by Gasteiger charge is 2.29. The van der Waals surface area contributed by atoms with Crippen LogP contribution < -0.4 is 5.73 Å². The van der Waals surface area contributed by atoms with Gasteiger partial charge in [-0.3, -0.25) is 4.84 Å². The second-order valence-corrected chi connectivity index (χ2v) is 4.15. The molecule has 1 aliphatic rings. The number of hydrogen-bond acceptors (Lipinski definition) is 3. The SMILES string of the molecule is CC(C)(C)ON1CC(CN)C1. The van der Waals surface area contributed by atoms with Crippen molar-refractivity contribution in [2.75, 3.05) is 19.6 Å². The van der Waals surface area contributed by atoms with Gasteiger partial charge in [0, 0.05) is 19.0 Å². The molecule has 0 aromatic rings. The Morgan fingerprint density at radius 2 is 2.00 bits per heavy atom. The lowest BCUT2D eigenvalue weighted by Gasteiger charge is -2.41. The molecule has 66 valence electrons. The summed E-state index contributed by atoms with van der Waals surface area (Å²) in [5.74, 6) is 0.650. The molecule has 1 aliphatic heterocycles. The fourth-order valence-corrected chi connectivity index (χ4v) is 1.13. The zero-order valence-electron chi connectivity index (χ0n) is 7.63. The molecule has 3 nitrogen and oxygen atoms in total. The summed E-state index contributed by atoms with van der Waals surface area (Å²) in [5.41, 5.74) is 5.42. The zero-order chi connectivity index (χ0) is 8.48. The van der Waals surface area contributed by atoms with Gasteiger partial charge < -0.3 is 5.73 Å². The molecule has 0 amide bonds. The van der Waals surface area contributed by atoms with Crippen molar-refractivity contribution in [2.24, 2.45) is 11.7 Å². The highest BCUT2D eigenvalue weighted by atomic mass is 16.7. The maximum absolute atomic E-state index is 5.58. The highest BCUT2D eigenvalue weighted by molar-refractivity contribution is 4.76. The molecule has 1 heterocycles. The molecule has 11 heavy (non-hydrogen) atoms. The summed E-state index contributed by atoms with van der Waals surface area (Å²) in [6.07, 6.45) is 0. The summed E-state index contributed by atoms with van der Waals surface area (Å²) in [6.45, 7) is 8.94. The van der Waals surface area contributed by atoms with Crippen LogP contribution in [0.3, 0.4) is 0 Å². The maximum Gasteiger partial charge on any atom is 0.0815 e. The van der Waals surface area contributed by atoms with Gasteiger partial charge in [0.25, 0.3) is 0 Å². The van der Waals surface area contributed by atoms with E-state index in [-0.39, 0.29) is 5.60 Å². The van der Waals surface area contributed by atoms with Gasteiger partial charge in [-0.05, 0) is 27.3 Å². The summed E-state index contributed by atoms with van der Waals surface area (Å²) in [4.78, 5) is 5.58. The molecular formula is C8H18N2O. The van der Waals surface area contributed by atoms with Crippen LogP contribution in [-0.2, 0) is 4.84 Å². The molecule has 0 bridgehead atoms. The Morgan fingerprint density at radius 3 is 2.36 bits per heavy atom. The molecule has 0 aromatic heterocycles. The molecule has 0 spiro atoms. The Kier molecular flexibility index (Phi) is 2.52. The van der Waals surface area contributed by atoms with Gasteiger partial charge in [0.1, 0.15) is 0 Å². The van der Waals surface area contributed by atoms with Gasteiger partial charge in [0.2, 0.25) is 0 Å². The van der Waals surface area contributed by atoms with Gasteiger partial charge in [-0.15, -0.1) is 0 Å². The molecule has 0 atom stereocenters. The van der Waals surface area contributed by atoms with Crippen molar-refractivity contribution in [1.82, 2.24) is 5.06 Å². The third kappa shape index (κ3) is 2.77. The first kappa shape index (κ1) is 8.97. The van der Waals surface area contributed by atoms with Gasteiger partial charge in [-0.2, -0.15) is 5.06 Å². The van der Waals surface area contributed by atoms with E-state index in [2.05, 4.69) is 20.8 Å². The predicted octanol–water partition coefficient (Wildman–Crippen LogP) is 0.607. The van der Waals surface area contributed by atoms with E-state index >= 15 is 0 Å². The van der Waals surface area contributed by atoms with E-state index in [1.165, 1.54) is 0 Å². The lowest BCUT2D eigenvalue weighted by Crippen LogP contribution is -2.52. The second kappa shape index (κ2) is 3.09. The minimum absolute atomic E-state index is 0.0560. The van der Waals surface area contributed by atoms with Gasteiger partial charge in [0.05, 0.1) is 5.60 Å². The van der Waals surface area contributed by atoms with E-state index in [0.29, 0.717) is 5.92 Å². The quantitative estimate of drug-likeness (QED) is 0.640. The third-order valence-corrected chi connectivity index (χ3v) is 1.66. The summed E-state index contributed by atoms with van der Waals surface area (Å²) in [6, 6.07) is 0. The first-order valence-electron chi connectivity index (χ1n) is 4.15. The Morgan fingerprint density at radius 1 is 1.45 bits per heavy atom. The third-order valence-electron chi connectivity index (χ3n) is 1.66. The minimum atomic E-state index is -0.0560. The van der Waals surface area contributed by atoms with Crippen LogP contribution >= 0.6 is 0 Å². The standard InChI is InChI=1S/C8H18N2O/c1-8(2,3)11-10-5-7(4-9)6-10/h7H,4-6,9H2,1-3H3. The normalized spacial score (nSPS) is 21.8. The molecule has 0 saturated carbocycles. The first-order chi connectivity index (χ1) is 5.01. The minimum Gasteiger partial charge on any atom is -0.330 e. The van der Waals surface area contributed by atoms with Crippen molar-refractivity contribution in [1.29, 1.82) is 0 Å². The lowest BCUT2D eigenvalue weighted by atomic mass is 10.0. The number of nitrogens with zero attached hydrogens (tertiary/aromatic N) is 1. The highest BCUT2D eigenvalue weighted by Crippen LogP contribution is 2.19. The summed E-state index contributed by atoms with van der Waals surface area (Å²) in [7, 11) is 0. The van der Waals surface area contributed by atoms with Crippen molar-refractivity contribution >= 4 is 0 Å². The second-order valence-electron chi connectivity index (χ2n) is 4.15. The van der Waals surface area contributed by atoms with Gasteiger partial charge in [-0.25, -0.2) is 0 Å². The molecule has 3 heteroatoms. The van der Waals surface area contributed by atoms with E-state index in [0.717, 1.165) is 19.6 Å². The van der Waals surface area contributed by atoms with Gasteiger partial charge >= 0.3 is 0 Å². The van der Waals surface area contributed by atoms with E-state index in [9.17, 15) is 0 Å². The molecule has 0 radical (unpaired) electrons. The summed E-state index contributed by atoms with van der Waals surface area (Å²) < 4.78 is 0. The van der Waals surface area contributed by atoms with Crippen LogP contribution in [0.15, 0.2) is 0 Å². The van der Waals surface area contributed by atoms with Crippen LogP contribution in [0.25, 0.3) is 0 Å². The lowest BCUT2D eigenvalue weighted by molar-refractivity contribution is -0.273. The van der Waals surface area contributed by atoms with Crippen LogP contribution in [0.5, 0.6) is 0 Å². The fraction of sp³-hybridized carbons (Fsp3) is 1.00. The molecular weight excluding hydrogens is 140 g/mol. The van der Waals surface area contributed by atoms with Gasteiger partial charge in [-0.1, -0.05) is 0 Å². The average Bonchev–Trinajstić information content (AvgIpc) is 1.75. The summed E-state index contributed by atoms with van der Waals surface area (Å²) >= 11 is 0. The number of nitrogens with two attached hydrogens (primary N) is 1. The zero-order valence-corrected chi connectivity index (χ0v) is 7.63. The van der Waals surface area contributed by atoms with E-state index < -0.39 is 0 Å². The number of hydroxylamine groups is 2. The van der Waals surface area contributed by atoms with E-state index in [1.807, 2.05) is 5.06 Å². The van der Waals surface area contributed by atoms with Crippen LogP contribution in [0.2, 0.25) is 0 Å². The molecule has 1 rings (SSSR count). The Hall–Kier alpha value is -0.120. The average molecular weight is 158 g/mol. The predicted molar refractivity (Wildman–Crippen MR) is 45.0 cm³/mol. The molecule has 1 fully saturated rings. The smallest absolute Gasteiger partial charge is 0.0815 e. The molecule has 0 unspecified atom stereocenters. The van der Waals surface area contributed by atoms with Crippen LogP contribution in [0.4, 0.5) is 0 Å². The fourth-order valence-electron chi connectivity index (χ4n) is 1.13. The molecule has 0 aromatic carbocycles. The van der Waals surface area contributed by atoms with Crippen molar-refractivity contribution < 1.29 is 4.84 Å². The van der Waals surface area contributed by atoms with Crippen molar-refractivity contribution in [3.8, 4) is 0 Å². The monoisotopic (exact) mass is 158 g/mol. The van der Waals surface area contributed by atoms with Crippen molar-refractivity contribution in [3.05, 3.63) is 0 Å². The number of rotatable bonds is 2. The van der Waals surface area contributed by atoms with Crippen LogP contribution in [0, 0.1) is 5.92 Å². The Balaban J connectivity index is 2.14. The maximum atomic E-state index is 5.58. The van der Waals surface area contributed by atoms with Gasteiger partial charge in [0.15, 0.2) is 0 Å². The Bertz CT molecular complexity index is 125.